The van der Waals surface area contributed by atoms with Gasteiger partial charge in [0.15, 0.2) is 5.89 Å². The molecule has 18 heavy (non-hydrogen) atoms. The number of rotatable bonds is 7. The van der Waals surface area contributed by atoms with Gasteiger partial charge in [-0.2, -0.15) is 0 Å². The highest BCUT2D eigenvalue weighted by Gasteiger charge is 2.23. The number of carbonyl (C=O) groups excluding carboxylic acids is 1. The summed E-state index contributed by atoms with van der Waals surface area (Å²) in [5.74, 6) is 0.495. The molecule has 0 aliphatic rings. The Labute approximate surface area is 107 Å². The molecule has 5 heteroatoms. The van der Waals surface area contributed by atoms with Gasteiger partial charge in [0, 0.05) is 20.1 Å². The van der Waals surface area contributed by atoms with Gasteiger partial charge in [-0.3, -0.25) is 0 Å². The highest BCUT2D eigenvalue weighted by molar-refractivity contribution is 5.87. The number of hydrogen-bond donors (Lipinski definition) is 0. The molecule has 0 spiro atoms. The van der Waals surface area contributed by atoms with Crippen LogP contribution in [0.5, 0.6) is 0 Å². The summed E-state index contributed by atoms with van der Waals surface area (Å²) in [6.07, 6.45) is 1.48. The molecule has 0 radical (unpaired) electrons. The van der Waals surface area contributed by atoms with Crippen molar-refractivity contribution in [1.82, 2.24) is 4.98 Å². The minimum atomic E-state index is -0.438. The van der Waals surface area contributed by atoms with Crippen molar-refractivity contribution in [3.63, 3.8) is 0 Å². The number of nitrogens with zero attached hydrogens (tertiary/aromatic N) is 1. The fraction of sp³-hybridized carbons (Fsp3) is 0.692. The maximum absolute atomic E-state index is 11.7. The third-order valence-corrected chi connectivity index (χ3v) is 2.44. The van der Waals surface area contributed by atoms with Crippen LogP contribution in [-0.4, -0.2) is 31.3 Å². The van der Waals surface area contributed by atoms with E-state index in [0.717, 1.165) is 6.42 Å². The molecule has 0 bridgehead atoms. The lowest BCUT2D eigenvalue weighted by Crippen LogP contribution is -2.07. The van der Waals surface area contributed by atoms with E-state index >= 15 is 0 Å². The van der Waals surface area contributed by atoms with Crippen molar-refractivity contribution < 1.29 is 18.7 Å². The fourth-order valence-electron chi connectivity index (χ4n) is 1.59. The lowest BCUT2D eigenvalue weighted by molar-refractivity contribution is 0.0485. The first-order chi connectivity index (χ1) is 8.60. The zero-order chi connectivity index (χ0) is 13.5. The van der Waals surface area contributed by atoms with Crippen LogP contribution in [0.3, 0.4) is 0 Å². The van der Waals surface area contributed by atoms with Crippen LogP contribution >= 0.6 is 0 Å². The molecule has 0 aromatic carbocycles. The predicted molar refractivity (Wildman–Crippen MR) is 66.7 cm³/mol. The minimum absolute atomic E-state index is 0.129. The van der Waals surface area contributed by atoms with Crippen molar-refractivity contribution in [2.24, 2.45) is 0 Å². The Balaban J connectivity index is 2.83. The van der Waals surface area contributed by atoms with E-state index in [2.05, 4.69) is 4.98 Å². The molecule has 102 valence electrons. The molecule has 1 heterocycles. The molecule has 0 fully saturated rings. The van der Waals surface area contributed by atoms with E-state index in [4.69, 9.17) is 13.9 Å². The molecular formula is C13H21NO4. The van der Waals surface area contributed by atoms with Crippen molar-refractivity contribution >= 4 is 5.97 Å². The van der Waals surface area contributed by atoms with E-state index in [1.165, 1.54) is 0 Å². The van der Waals surface area contributed by atoms with Crippen LogP contribution in [-0.2, 0) is 15.9 Å². The summed E-state index contributed by atoms with van der Waals surface area (Å²) in [6.45, 7) is 6.69. The van der Waals surface area contributed by atoms with Crippen molar-refractivity contribution in [2.45, 2.75) is 39.5 Å². The van der Waals surface area contributed by atoms with Gasteiger partial charge in [0.1, 0.15) is 0 Å². The summed E-state index contributed by atoms with van der Waals surface area (Å²) < 4.78 is 15.4. The molecule has 0 saturated heterocycles. The van der Waals surface area contributed by atoms with Crippen LogP contribution in [0.1, 0.15) is 55.2 Å². The molecule has 5 nitrogen and oxygen atoms in total. The Hall–Kier alpha value is -1.36. The van der Waals surface area contributed by atoms with Gasteiger partial charge in [-0.05, 0) is 19.3 Å². The molecule has 0 aliphatic heterocycles. The first kappa shape index (κ1) is 14.7. The second kappa shape index (κ2) is 7.16. The Morgan fingerprint density at radius 3 is 2.72 bits per heavy atom. The van der Waals surface area contributed by atoms with Gasteiger partial charge in [-0.15, -0.1) is 0 Å². The average molecular weight is 255 g/mol. The van der Waals surface area contributed by atoms with Crippen LogP contribution in [0.4, 0.5) is 0 Å². The van der Waals surface area contributed by atoms with E-state index in [1.54, 1.807) is 14.0 Å². The SMILES string of the molecule is CCOC(=O)c1oc(CCCOC)nc1C(C)C. The summed E-state index contributed by atoms with van der Waals surface area (Å²) in [7, 11) is 1.65. The Bertz CT molecular complexity index is 384. The summed E-state index contributed by atoms with van der Waals surface area (Å²) in [5, 5.41) is 0. The number of ether oxygens (including phenoxy) is 2. The number of methoxy groups -OCH3 is 1. The van der Waals surface area contributed by atoms with Crippen LogP contribution in [0.25, 0.3) is 0 Å². The Morgan fingerprint density at radius 1 is 1.44 bits per heavy atom. The van der Waals surface area contributed by atoms with E-state index in [1.807, 2.05) is 13.8 Å². The molecular weight excluding hydrogens is 234 g/mol. The highest BCUT2D eigenvalue weighted by Crippen LogP contribution is 2.21. The lowest BCUT2D eigenvalue weighted by atomic mass is 10.1. The Morgan fingerprint density at radius 2 is 2.17 bits per heavy atom. The summed E-state index contributed by atoms with van der Waals surface area (Å²) in [5.41, 5.74) is 0.667. The van der Waals surface area contributed by atoms with E-state index in [0.29, 0.717) is 31.2 Å². The molecule has 0 atom stereocenters. The highest BCUT2D eigenvalue weighted by atomic mass is 16.5. The number of aromatic nitrogens is 1. The van der Waals surface area contributed by atoms with Gasteiger partial charge in [-0.25, -0.2) is 9.78 Å². The quantitative estimate of drug-likeness (QED) is 0.553. The first-order valence-corrected chi connectivity index (χ1v) is 6.25. The molecule has 1 aromatic rings. The number of esters is 1. The summed E-state index contributed by atoms with van der Waals surface area (Å²) >= 11 is 0. The number of carbonyl (C=O) groups is 1. The lowest BCUT2D eigenvalue weighted by Gasteiger charge is -2.02. The van der Waals surface area contributed by atoms with Crippen molar-refractivity contribution in [3.05, 3.63) is 17.3 Å². The molecule has 0 saturated carbocycles. The molecule has 0 aliphatic carbocycles. The van der Waals surface area contributed by atoms with Crippen molar-refractivity contribution in [2.75, 3.05) is 20.3 Å². The average Bonchev–Trinajstić information content (AvgIpc) is 2.74. The monoisotopic (exact) mass is 255 g/mol. The molecule has 0 amide bonds. The second-order valence-corrected chi connectivity index (χ2v) is 4.29. The maximum atomic E-state index is 11.7. The van der Waals surface area contributed by atoms with E-state index in [-0.39, 0.29) is 11.7 Å². The number of oxazole rings is 1. The molecule has 1 aromatic heterocycles. The van der Waals surface area contributed by atoms with Gasteiger partial charge in [0.2, 0.25) is 5.76 Å². The topological polar surface area (TPSA) is 61.6 Å². The standard InChI is InChI=1S/C13H21NO4/c1-5-17-13(15)12-11(9(2)3)14-10(18-12)7-6-8-16-4/h9H,5-8H2,1-4H3. The normalized spacial score (nSPS) is 10.9. The van der Waals surface area contributed by atoms with Crippen LogP contribution in [0.15, 0.2) is 4.42 Å². The van der Waals surface area contributed by atoms with E-state index < -0.39 is 5.97 Å². The molecule has 1 rings (SSSR count). The predicted octanol–water partition coefficient (Wildman–Crippen LogP) is 2.55. The van der Waals surface area contributed by atoms with Crippen LogP contribution in [0, 0.1) is 0 Å². The minimum Gasteiger partial charge on any atom is -0.460 e. The van der Waals surface area contributed by atoms with Gasteiger partial charge < -0.3 is 13.9 Å². The third-order valence-electron chi connectivity index (χ3n) is 2.44. The zero-order valence-electron chi connectivity index (χ0n) is 11.5. The van der Waals surface area contributed by atoms with Gasteiger partial charge in [0.25, 0.3) is 0 Å². The van der Waals surface area contributed by atoms with Crippen LogP contribution in [0.2, 0.25) is 0 Å². The zero-order valence-corrected chi connectivity index (χ0v) is 11.5. The smallest absolute Gasteiger partial charge is 0.376 e. The maximum Gasteiger partial charge on any atom is 0.376 e. The summed E-state index contributed by atoms with van der Waals surface area (Å²) in [6, 6.07) is 0. The van der Waals surface area contributed by atoms with Crippen LogP contribution < -0.4 is 0 Å². The van der Waals surface area contributed by atoms with Gasteiger partial charge >= 0.3 is 5.97 Å². The third kappa shape index (κ3) is 3.84. The largest absolute Gasteiger partial charge is 0.460 e. The van der Waals surface area contributed by atoms with Gasteiger partial charge in [-0.1, -0.05) is 13.8 Å². The molecule has 0 N–H and O–H groups in total. The van der Waals surface area contributed by atoms with E-state index in [9.17, 15) is 4.79 Å². The Kier molecular flexibility index (Phi) is 5.85. The fourth-order valence-corrected chi connectivity index (χ4v) is 1.59. The molecule has 0 unspecified atom stereocenters. The summed E-state index contributed by atoms with van der Waals surface area (Å²) in [4.78, 5) is 16.1. The van der Waals surface area contributed by atoms with Gasteiger partial charge in [0.05, 0.1) is 12.3 Å². The van der Waals surface area contributed by atoms with Crippen molar-refractivity contribution in [3.8, 4) is 0 Å². The van der Waals surface area contributed by atoms with Crippen molar-refractivity contribution in [1.29, 1.82) is 0 Å². The second-order valence-electron chi connectivity index (χ2n) is 4.29. The number of hydrogen-bond acceptors (Lipinski definition) is 5. The number of aryl methyl sites for hydroxylation is 1. The first-order valence-electron chi connectivity index (χ1n) is 6.25.